The number of hydrogen-bond donors (Lipinski definition) is 1. The first kappa shape index (κ1) is 16.1. The fourth-order valence-electron chi connectivity index (χ4n) is 4.29. The summed E-state index contributed by atoms with van der Waals surface area (Å²) in [6.45, 7) is 1.98. The molecule has 1 aliphatic carbocycles. The van der Waals surface area contributed by atoms with Gasteiger partial charge in [-0.3, -0.25) is 14.4 Å². The number of aliphatic carboxylic acids is 1. The van der Waals surface area contributed by atoms with Gasteiger partial charge < -0.3 is 14.9 Å². The van der Waals surface area contributed by atoms with Crippen molar-refractivity contribution in [2.45, 2.75) is 32.1 Å². The maximum Gasteiger partial charge on any atom is 0.307 e. The zero-order chi connectivity index (χ0) is 17.6. The zero-order valence-corrected chi connectivity index (χ0v) is 14.1. The summed E-state index contributed by atoms with van der Waals surface area (Å²) in [6.07, 6.45) is 3.77. The van der Waals surface area contributed by atoms with Gasteiger partial charge in [-0.1, -0.05) is 0 Å². The average molecular weight is 342 g/mol. The van der Waals surface area contributed by atoms with Gasteiger partial charge in [-0.05, 0) is 55.4 Å². The summed E-state index contributed by atoms with van der Waals surface area (Å²) in [5, 5.41) is 9.15. The Morgan fingerprint density at radius 1 is 1.08 bits per heavy atom. The molecule has 1 unspecified atom stereocenters. The third-order valence-corrected chi connectivity index (χ3v) is 6.03. The summed E-state index contributed by atoms with van der Waals surface area (Å²) in [5.41, 5.74) is 1.40. The molecule has 0 bridgehead atoms. The molecule has 2 saturated heterocycles. The monoisotopic (exact) mass is 342 g/mol. The number of carbonyl (C=O) groups excluding carboxylic acids is 2. The number of anilines is 1. The highest BCUT2D eigenvalue weighted by molar-refractivity contribution is 5.97. The van der Waals surface area contributed by atoms with Gasteiger partial charge in [0.25, 0.3) is 5.91 Å². The summed E-state index contributed by atoms with van der Waals surface area (Å²) in [7, 11) is 0. The van der Waals surface area contributed by atoms with Crippen molar-refractivity contribution in [1.29, 1.82) is 0 Å². The number of hydrogen-bond acceptors (Lipinski definition) is 3. The van der Waals surface area contributed by atoms with Gasteiger partial charge in [-0.15, -0.1) is 0 Å². The first-order valence-corrected chi connectivity index (χ1v) is 8.93. The molecule has 132 valence electrons. The predicted octanol–water partition coefficient (Wildman–Crippen LogP) is 2.14. The molecule has 1 atom stereocenters. The highest BCUT2D eigenvalue weighted by Gasteiger charge is 2.59. The van der Waals surface area contributed by atoms with Crippen LogP contribution in [-0.2, 0) is 9.59 Å². The number of carbonyl (C=O) groups is 3. The van der Waals surface area contributed by atoms with Gasteiger partial charge in [0, 0.05) is 37.3 Å². The molecule has 2 heterocycles. The van der Waals surface area contributed by atoms with Gasteiger partial charge in [0.05, 0.1) is 5.92 Å². The molecule has 1 aromatic carbocycles. The van der Waals surface area contributed by atoms with Crippen LogP contribution in [0, 0.1) is 11.3 Å². The standard InChI is InChI=1S/C19H22N2O4/c22-16-2-1-9-21(16)14-5-3-13(4-6-14)17(23)20-10-7-19(8-11-20)12-15(19)18(24)25/h3-6,15H,1-2,7-12H2,(H,24,25). The first-order valence-electron chi connectivity index (χ1n) is 8.93. The van der Waals surface area contributed by atoms with Crippen LogP contribution >= 0.6 is 0 Å². The Kier molecular flexibility index (Phi) is 3.78. The fourth-order valence-corrected chi connectivity index (χ4v) is 4.29. The van der Waals surface area contributed by atoms with Crippen LogP contribution in [0.3, 0.4) is 0 Å². The van der Waals surface area contributed by atoms with Crippen molar-refractivity contribution in [2.75, 3.05) is 24.5 Å². The lowest BCUT2D eigenvalue weighted by Gasteiger charge is -2.32. The van der Waals surface area contributed by atoms with Gasteiger partial charge in [-0.2, -0.15) is 0 Å². The summed E-state index contributed by atoms with van der Waals surface area (Å²) in [6, 6.07) is 7.24. The molecule has 1 saturated carbocycles. The van der Waals surface area contributed by atoms with Crippen molar-refractivity contribution in [1.82, 2.24) is 4.90 Å². The lowest BCUT2D eigenvalue weighted by atomic mass is 9.90. The maximum absolute atomic E-state index is 12.7. The van der Waals surface area contributed by atoms with Gasteiger partial charge >= 0.3 is 5.97 Å². The van der Waals surface area contributed by atoms with E-state index in [2.05, 4.69) is 0 Å². The van der Waals surface area contributed by atoms with Crippen LogP contribution < -0.4 is 4.90 Å². The summed E-state index contributed by atoms with van der Waals surface area (Å²) in [4.78, 5) is 39.2. The minimum atomic E-state index is -0.702. The molecule has 1 spiro atoms. The molecule has 3 fully saturated rings. The Labute approximate surface area is 146 Å². The first-order chi connectivity index (χ1) is 12.0. The number of benzene rings is 1. The fraction of sp³-hybridized carbons (Fsp3) is 0.526. The Morgan fingerprint density at radius 2 is 1.76 bits per heavy atom. The van der Waals surface area contributed by atoms with Crippen LogP contribution in [0.5, 0.6) is 0 Å². The molecule has 1 aromatic rings. The van der Waals surface area contributed by atoms with E-state index < -0.39 is 5.97 Å². The van der Waals surface area contributed by atoms with Gasteiger partial charge in [0.15, 0.2) is 0 Å². The van der Waals surface area contributed by atoms with E-state index in [9.17, 15) is 14.4 Å². The third kappa shape index (κ3) is 2.79. The molecular weight excluding hydrogens is 320 g/mol. The molecule has 0 radical (unpaired) electrons. The number of likely N-dealkylation sites (tertiary alicyclic amines) is 1. The highest BCUT2D eigenvalue weighted by atomic mass is 16.4. The molecule has 1 N–H and O–H groups in total. The van der Waals surface area contributed by atoms with Gasteiger partial charge in [0.1, 0.15) is 0 Å². The number of nitrogens with zero attached hydrogens (tertiary/aromatic N) is 2. The highest BCUT2D eigenvalue weighted by Crippen LogP contribution is 2.59. The Morgan fingerprint density at radius 3 is 2.28 bits per heavy atom. The summed E-state index contributed by atoms with van der Waals surface area (Å²) in [5.74, 6) is -0.798. The Balaban J connectivity index is 1.39. The van der Waals surface area contributed by atoms with Crippen LogP contribution in [-0.4, -0.2) is 47.4 Å². The number of piperidine rings is 1. The van der Waals surface area contributed by atoms with E-state index in [1.54, 1.807) is 17.0 Å². The average Bonchev–Trinajstić information content (AvgIpc) is 3.15. The van der Waals surface area contributed by atoms with Crippen molar-refractivity contribution in [3.63, 3.8) is 0 Å². The number of amides is 2. The van der Waals surface area contributed by atoms with E-state index in [4.69, 9.17) is 5.11 Å². The number of carboxylic acids is 1. The molecule has 6 heteroatoms. The van der Waals surface area contributed by atoms with Crippen LogP contribution in [0.1, 0.15) is 42.5 Å². The zero-order valence-electron chi connectivity index (χ0n) is 14.1. The van der Waals surface area contributed by atoms with E-state index in [0.717, 1.165) is 37.9 Å². The molecule has 2 aliphatic heterocycles. The minimum Gasteiger partial charge on any atom is -0.481 e. The summed E-state index contributed by atoms with van der Waals surface area (Å²) < 4.78 is 0. The van der Waals surface area contributed by atoms with E-state index >= 15 is 0 Å². The Hall–Kier alpha value is -2.37. The second kappa shape index (κ2) is 5.86. The molecule has 3 aliphatic rings. The van der Waals surface area contributed by atoms with Crippen molar-refractivity contribution >= 4 is 23.5 Å². The second-order valence-corrected chi connectivity index (χ2v) is 7.45. The molecule has 6 nitrogen and oxygen atoms in total. The molecular formula is C19H22N2O4. The predicted molar refractivity (Wildman–Crippen MR) is 91.3 cm³/mol. The van der Waals surface area contributed by atoms with Crippen LogP contribution in [0.2, 0.25) is 0 Å². The Bertz CT molecular complexity index is 719. The van der Waals surface area contributed by atoms with Gasteiger partial charge in [0.2, 0.25) is 5.91 Å². The number of carboxylic acid groups (broad SMARTS) is 1. The van der Waals surface area contributed by atoms with E-state index in [1.165, 1.54) is 0 Å². The lowest BCUT2D eigenvalue weighted by molar-refractivity contribution is -0.139. The van der Waals surface area contributed by atoms with Gasteiger partial charge in [-0.25, -0.2) is 0 Å². The minimum absolute atomic E-state index is 0.0123. The lowest BCUT2D eigenvalue weighted by Crippen LogP contribution is -2.40. The van der Waals surface area contributed by atoms with Crippen molar-refractivity contribution < 1.29 is 19.5 Å². The largest absolute Gasteiger partial charge is 0.481 e. The molecule has 0 aromatic heterocycles. The van der Waals surface area contributed by atoms with Crippen molar-refractivity contribution in [3.8, 4) is 0 Å². The van der Waals surface area contributed by atoms with Crippen LogP contribution in [0.4, 0.5) is 5.69 Å². The van der Waals surface area contributed by atoms with E-state index in [-0.39, 0.29) is 23.1 Å². The SMILES string of the molecule is O=C(O)C1CC12CCN(C(=O)c1ccc(N3CCCC3=O)cc1)CC2. The third-order valence-electron chi connectivity index (χ3n) is 6.03. The van der Waals surface area contributed by atoms with Crippen LogP contribution in [0.25, 0.3) is 0 Å². The van der Waals surface area contributed by atoms with E-state index in [1.807, 2.05) is 17.0 Å². The molecule has 4 rings (SSSR count). The van der Waals surface area contributed by atoms with E-state index in [0.29, 0.717) is 25.1 Å². The molecule has 2 amide bonds. The summed E-state index contributed by atoms with van der Waals surface area (Å²) >= 11 is 0. The number of rotatable bonds is 3. The van der Waals surface area contributed by atoms with Crippen molar-refractivity contribution in [3.05, 3.63) is 29.8 Å². The molecule has 25 heavy (non-hydrogen) atoms. The maximum atomic E-state index is 12.7. The smallest absolute Gasteiger partial charge is 0.307 e. The quantitative estimate of drug-likeness (QED) is 0.913. The van der Waals surface area contributed by atoms with Crippen molar-refractivity contribution in [2.24, 2.45) is 11.3 Å². The normalized spacial score (nSPS) is 24.6. The van der Waals surface area contributed by atoms with Crippen LogP contribution in [0.15, 0.2) is 24.3 Å². The second-order valence-electron chi connectivity index (χ2n) is 7.45. The topological polar surface area (TPSA) is 77.9 Å².